The standard InChI is InChI=1S/C13H9N3O2/c17-8-11-7-16(12-1-4-14-5-2-12)15-13(11)10-3-6-18-9-10/h1-9H. The predicted octanol–water partition coefficient (Wildman–Crippen LogP) is 2.34. The van der Waals surface area contributed by atoms with Gasteiger partial charge >= 0.3 is 0 Å². The maximum atomic E-state index is 11.1. The Morgan fingerprint density at radius 1 is 1.22 bits per heavy atom. The number of pyridine rings is 1. The second-order valence-corrected chi connectivity index (χ2v) is 3.71. The van der Waals surface area contributed by atoms with E-state index in [9.17, 15) is 4.79 Å². The first-order valence-electron chi connectivity index (χ1n) is 5.36. The molecule has 3 aromatic rings. The van der Waals surface area contributed by atoms with Gasteiger partial charge in [0.05, 0.1) is 23.8 Å². The second kappa shape index (κ2) is 4.29. The van der Waals surface area contributed by atoms with Gasteiger partial charge in [-0.25, -0.2) is 4.68 Å². The van der Waals surface area contributed by atoms with Crippen LogP contribution < -0.4 is 0 Å². The van der Waals surface area contributed by atoms with Gasteiger partial charge in [-0.3, -0.25) is 9.78 Å². The minimum absolute atomic E-state index is 0.521. The monoisotopic (exact) mass is 239 g/mol. The highest BCUT2D eigenvalue weighted by Crippen LogP contribution is 2.22. The summed E-state index contributed by atoms with van der Waals surface area (Å²) in [5, 5.41) is 4.39. The fourth-order valence-electron chi connectivity index (χ4n) is 1.73. The van der Waals surface area contributed by atoms with E-state index >= 15 is 0 Å². The zero-order valence-corrected chi connectivity index (χ0v) is 9.35. The van der Waals surface area contributed by atoms with E-state index in [-0.39, 0.29) is 0 Å². The summed E-state index contributed by atoms with van der Waals surface area (Å²) in [5.41, 5.74) is 2.76. The van der Waals surface area contributed by atoms with Crippen LogP contribution in [0.1, 0.15) is 10.4 Å². The number of nitrogens with zero attached hydrogens (tertiary/aromatic N) is 3. The van der Waals surface area contributed by atoms with Gasteiger partial charge < -0.3 is 4.42 Å². The Labute approximate surface area is 103 Å². The number of carbonyl (C=O) groups excluding carboxylic acids is 1. The highest BCUT2D eigenvalue weighted by molar-refractivity contribution is 5.85. The van der Waals surface area contributed by atoms with Crippen molar-refractivity contribution in [2.45, 2.75) is 0 Å². The van der Waals surface area contributed by atoms with E-state index in [1.165, 1.54) is 0 Å². The molecule has 0 N–H and O–H groups in total. The number of rotatable bonds is 3. The molecule has 3 aromatic heterocycles. The van der Waals surface area contributed by atoms with Crippen molar-refractivity contribution in [3.8, 4) is 16.9 Å². The lowest BCUT2D eigenvalue weighted by molar-refractivity contribution is 0.112. The topological polar surface area (TPSA) is 60.9 Å². The summed E-state index contributed by atoms with van der Waals surface area (Å²) in [4.78, 5) is 15.0. The second-order valence-electron chi connectivity index (χ2n) is 3.71. The normalized spacial score (nSPS) is 10.4. The molecule has 0 atom stereocenters. The molecule has 88 valence electrons. The summed E-state index contributed by atoms with van der Waals surface area (Å²) in [5.74, 6) is 0. The first kappa shape index (κ1) is 10.5. The SMILES string of the molecule is O=Cc1cn(-c2ccncc2)nc1-c1ccoc1. The molecule has 5 nitrogen and oxygen atoms in total. The van der Waals surface area contributed by atoms with E-state index in [1.54, 1.807) is 41.9 Å². The van der Waals surface area contributed by atoms with E-state index < -0.39 is 0 Å². The lowest BCUT2D eigenvalue weighted by Crippen LogP contribution is -1.94. The van der Waals surface area contributed by atoms with E-state index in [0.717, 1.165) is 17.5 Å². The van der Waals surface area contributed by atoms with Crippen molar-refractivity contribution in [2.75, 3.05) is 0 Å². The Morgan fingerprint density at radius 2 is 2.06 bits per heavy atom. The Hall–Kier alpha value is -2.69. The van der Waals surface area contributed by atoms with Crippen LogP contribution in [0.5, 0.6) is 0 Å². The highest BCUT2D eigenvalue weighted by Gasteiger charge is 2.12. The average Bonchev–Trinajstić information content (AvgIpc) is 3.08. The fourth-order valence-corrected chi connectivity index (χ4v) is 1.73. The molecular formula is C13H9N3O2. The Balaban J connectivity index is 2.12. The van der Waals surface area contributed by atoms with E-state index in [4.69, 9.17) is 4.42 Å². The number of aldehydes is 1. The van der Waals surface area contributed by atoms with Crippen LogP contribution in [0.2, 0.25) is 0 Å². The number of hydrogen-bond acceptors (Lipinski definition) is 4. The van der Waals surface area contributed by atoms with Gasteiger partial charge in [-0.05, 0) is 18.2 Å². The Kier molecular flexibility index (Phi) is 2.49. The summed E-state index contributed by atoms with van der Waals surface area (Å²) in [6.07, 6.45) is 8.93. The molecule has 18 heavy (non-hydrogen) atoms. The first-order chi connectivity index (χ1) is 8.88. The molecule has 0 unspecified atom stereocenters. The fraction of sp³-hybridized carbons (Fsp3) is 0. The Morgan fingerprint density at radius 3 is 2.72 bits per heavy atom. The van der Waals surface area contributed by atoms with Gasteiger partial charge in [0, 0.05) is 24.2 Å². The number of aromatic nitrogens is 3. The van der Waals surface area contributed by atoms with E-state index in [2.05, 4.69) is 10.1 Å². The minimum atomic E-state index is 0.521. The maximum absolute atomic E-state index is 11.1. The maximum Gasteiger partial charge on any atom is 0.153 e. The first-order valence-corrected chi connectivity index (χ1v) is 5.36. The molecule has 0 aliphatic rings. The highest BCUT2D eigenvalue weighted by atomic mass is 16.3. The zero-order chi connectivity index (χ0) is 12.4. The van der Waals surface area contributed by atoms with Crippen molar-refractivity contribution in [3.63, 3.8) is 0 Å². The molecular weight excluding hydrogens is 230 g/mol. The molecule has 0 aliphatic heterocycles. The van der Waals surface area contributed by atoms with Gasteiger partial charge in [0.15, 0.2) is 6.29 Å². The third-order valence-corrected chi connectivity index (χ3v) is 2.59. The summed E-state index contributed by atoms with van der Waals surface area (Å²) in [6, 6.07) is 5.41. The van der Waals surface area contributed by atoms with Crippen molar-refractivity contribution in [2.24, 2.45) is 0 Å². The molecule has 3 rings (SSSR count). The van der Waals surface area contributed by atoms with Crippen LogP contribution in [0.15, 0.2) is 53.7 Å². The number of carbonyl (C=O) groups is 1. The van der Waals surface area contributed by atoms with Crippen LogP contribution in [0.25, 0.3) is 16.9 Å². The lowest BCUT2D eigenvalue weighted by atomic mass is 10.2. The van der Waals surface area contributed by atoms with Gasteiger partial charge in [-0.1, -0.05) is 0 Å². The molecule has 0 bridgehead atoms. The van der Waals surface area contributed by atoms with Crippen molar-refractivity contribution in [3.05, 3.63) is 54.9 Å². The third-order valence-electron chi connectivity index (χ3n) is 2.59. The number of hydrogen-bond donors (Lipinski definition) is 0. The average molecular weight is 239 g/mol. The number of furan rings is 1. The van der Waals surface area contributed by atoms with Crippen molar-refractivity contribution < 1.29 is 9.21 Å². The van der Waals surface area contributed by atoms with Crippen LogP contribution in [-0.2, 0) is 0 Å². The summed E-state index contributed by atoms with van der Waals surface area (Å²) in [6.45, 7) is 0. The predicted molar refractivity (Wildman–Crippen MR) is 64.4 cm³/mol. The smallest absolute Gasteiger partial charge is 0.153 e. The molecule has 5 heteroatoms. The lowest BCUT2D eigenvalue weighted by Gasteiger charge is -1.98. The molecule has 0 amide bonds. The summed E-state index contributed by atoms with van der Waals surface area (Å²) >= 11 is 0. The molecule has 0 aliphatic carbocycles. The third kappa shape index (κ3) is 1.71. The molecule has 0 fully saturated rings. The largest absolute Gasteiger partial charge is 0.472 e. The molecule has 0 saturated heterocycles. The van der Waals surface area contributed by atoms with Gasteiger partial charge in [0.2, 0.25) is 0 Å². The summed E-state index contributed by atoms with van der Waals surface area (Å²) in [7, 11) is 0. The van der Waals surface area contributed by atoms with Crippen molar-refractivity contribution in [1.29, 1.82) is 0 Å². The van der Waals surface area contributed by atoms with Crippen molar-refractivity contribution >= 4 is 6.29 Å². The van der Waals surface area contributed by atoms with Crippen LogP contribution in [-0.4, -0.2) is 21.1 Å². The van der Waals surface area contributed by atoms with Crippen LogP contribution in [0.4, 0.5) is 0 Å². The van der Waals surface area contributed by atoms with Crippen molar-refractivity contribution in [1.82, 2.24) is 14.8 Å². The van der Waals surface area contributed by atoms with Gasteiger partial charge in [-0.2, -0.15) is 5.10 Å². The van der Waals surface area contributed by atoms with Gasteiger partial charge in [0.25, 0.3) is 0 Å². The molecule has 3 heterocycles. The quantitative estimate of drug-likeness (QED) is 0.658. The molecule has 0 aromatic carbocycles. The molecule has 0 radical (unpaired) electrons. The Bertz CT molecular complexity index is 657. The van der Waals surface area contributed by atoms with Crippen LogP contribution in [0, 0.1) is 0 Å². The van der Waals surface area contributed by atoms with Gasteiger partial charge in [-0.15, -0.1) is 0 Å². The zero-order valence-electron chi connectivity index (χ0n) is 9.35. The minimum Gasteiger partial charge on any atom is -0.472 e. The van der Waals surface area contributed by atoms with Crippen LogP contribution in [0.3, 0.4) is 0 Å². The summed E-state index contributed by atoms with van der Waals surface area (Å²) < 4.78 is 6.65. The van der Waals surface area contributed by atoms with Gasteiger partial charge in [0.1, 0.15) is 5.69 Å². The van der Waals surface area contributed by atoms with E-state index in [0.29, 0.717) is 11.3 Å². The van der Waals surface area contributed by atoms with E-state index in [1.807, 2.05) is 12.1 Å². The molecule has 0 spiro atoms. The van der Waals surface area contributed by atoms with Crippen LogP contribution >= 0.6 is 0 Å². The molecule has 0 saturated carbocycles.